The minimum absolute atomic E-state index is 0.0935. The summed E-state index contributed by atoms with van der Waals surface area (Å²) in [6, 6.07) is 9.26. The number of amides is 1. The second kappa shape index (κ2) is 7.32. The zero-order valence-corrected chi connectivity index (χ0v) is 11.8. The van der Waals surface area contributed by atoms with Crippen molar-refractivity contribution in [1.29, 1.82) is 0 Å². The molecule has 1 heterocycles. The Bertz CT molecular complexity index is 663. The van der Waals surface area contributed by atoms with Crippen molar-refractivity contribution in [3.05, 3.63) is 53.5 Å². The molecule has 4 nitrogen and oxygen atoms in total. The Morgan fingerprint density at radius 2 is 2.24 bits per heavy atom. The lowest BCUT2D eigenvalue weighted by molar-refractivity contribution is -0.116. The van der Waals surface area contributed by atoms with E-state index in [0.717, 1.165) is 11.3 Å². The van der Waals surface area contributed by atoms with Gasteiger partial charge in [0.05, 0.1) is 12.0 Å². The first kappa shape index (κ1) is 14.9. The number of benzene rings is 1. The number of aliphatic hydroxyl groups is 1. The maximum absolute atomic E-state index is 12.0. The van der Waals surface area contributed by atoms with Crippen molar-refractivity contribution >= 4 is 11.6 Å². The van der Waals surface area contributed by atoms with Crippen molar-refractivity contribution in [2.24, 2.45) is 0 Å². The largest absolute Gasteiger partial charge is 0.469 e. The van der Waals surface area contributed by atoms with Crippen molar-refractivity contribution in [2.75, 3.05) is 11.9 Å². The Kier molecular flexibility index (Phi) is 5.19. The number of hydrogen-bond donors (Lipinski definition) is 2. The molecule has 2 N–H and O–H groups in total. The summed E-state index contributed by atoms with van der Waals surface area (Å²) in [5.41, 5.74) is 2.40. The number of nitrogens with one attached hydrogen (secondary N) is 1. The smallest absolute Gasteiger partial charge is 0.224 e. The van der Waals surface area contributed by atoms with Gasteiger partial charge in [-0.25, -0.2) is 0 Å². The molecule has 0 saturated carbocycles. The van der Waals surface area contributed by atoms with Gasteiger partial charge in [0.2, 0.25) is 5.91 Å². The molecule has 0 aliphatic heterocycles. The molecule has 0 atom stereocenters. The number of furan rings is 1. The fourth-order valence-corrected chi connectivity index (χ4v) is 1.91. The fraction of sp³-hybridized carbons (Fsp3) is 0.235. The minimum Gasteiger partial charge on any atom is -0.469 e. The standard InChI is InChI=1S/C17H17NO3/c1-13-6-7-14(4-2-10-19)16(12-13)18-17(20)9-8-15-5-3-11-21-15/h3,5-7,11-12,19H,8-10H2,1H3,(H,18,20). The molecule has 4 heteroatoms. The van der Waals surface area contributed by atoms with E-state index in [1.165, 1.54) is 0 Å². The molecule has 0 unspecified atom stereocenters. The van der Waals surface area contributed by atoms with Gasteiger partial charge in [-0.2, -0.15) is 0 Å². The Morgan fingerprint density at radius 1 is 1.38 bits per heavy atom. The SMILES string of the molecule is Cc1ccc(C#CCO)c(NC(=O)CCc2ccco2)c1. The number of rotatable bonds is 4. The molecule has 0 spiro atoms. The lowest BCUT2D eigenvalue weighted by Crippen LogP contribution is -2.13. The maximum atomic E-state index is 12.0. The summed E-state index contributed by atoms with van der Waals surface area (Å²) in [7, 11) is 0. The van der Waals surface area contributed by atoms with E-state index in [1.807, 2.05) is 31.2 Å². The van der Waals surface area contributed by atoms with Crippen LogP contribution in [0.3, 0.4) is 0 Å². The fourth-order valence-electron chi connectivity index (χ4n) is 1.91. The molecule has 0 aliphatic carbocycles. The number of aryl methyl sites for hydroxylation is 2. The zero-order valence-electron chi connectivity index (χ0n) is 11.8. The molecule has 1 aromatic carbocycles. The van der Waals surface area contributed by atoms with Crippen LogP contribution in [0.1, 0.15) is 23.3 Å². The van der Waals surface area contributed by atoms with E-state index in [1.54, 1.807) is 12.3 Å². The molecule has 2 aromatic rings. The molecule has 0 bridgehead atoms. The van der Waals surface area contributed by atoms with Crippen LogP contribution in [0.5, 0.6) is 0 Å². The van der Waals surface area contributed by atoms with Crippen molar-refractivity contribution in [3.63, 3.8) is 0 Å². The molecular weight excluding hydrogens is 266 g/mol. The Morgan fingerprint density at radius 3 is 2.95 bits per heavy atom. The first-order valence-corrected chi connectivity index (χ1v) is 6.71. The lowest BCUT2D eigenvalue weighted by atomic mass is 10.1. The van der Waals surface area contributed by atoms with E-state index in [0.29, 0.717) is 24.1 Å². The maximum Gasteiger partial charge on any atom is 0.224 e. The third-order valence-corrected chi connectivity index (χ3v) is 2.93. The van der Waals surface area contributed by atoms with Gasteiger partial charge in [0.15, 0.2) is 0 Å². The molecule has 21 heavy (non-hydrogen) atoms. The molecule has 0 saturated heterocycles. The molecular formula is C17H17NO3. The highest BCUT2D eigenvalue weighted by Gasteiger charge is 2.07. The summed E-state index contributed by atoms with van der Waals surface area (Å²) >= 11 is 0. The van der Waals surface area contributed by atoms with Gasteiger partial charge in [0.1, 0.15) is 12.4 Å². The minimum atomic E-state index is -0.209. The highest BCUT2D eigenvalue weighted by atomic mass is 16.3. The second-order valence-corrected chi connectivity index (χ2v) is 4.64. The third-order valence-electron chi connectivity index (χ3n) is 2.93. The summed E-state index contributed by atoms with van der Waals surface area (Å²) in [6.07, 6.45) is 2.49. The summed E-state index contributed by atoms with van der Waals surface area (Å²) in [5, 5.41) is 11.6. The number of carbonyl (C=O) groups is 1. The zero-order chi connectivity index (χ0) is 15.1. The van der Waals surface area contributed by atoms with E-state index >= 15 is 0 Å². The first-order chi connectivity index (χ1) is 10.2. The second-order valence-electron chi connectivity index (χ2n) is 4.64. The first-order valence-electron chi connectivity index (χ1n) is 6.71. The van der Waals surface area contributed by atoms with Crippen LogP contribution in [-0.2, 0) is 11.2 Å². The van der Waals surface area contributed by atoms with Crippen LogP contribution in [0.25, 0.3) is 0 Å². The van der Waals surface area contributed by atoms with Crippen LogP contribution in [0.2, 0.25) is 0 Å². The normalized spacial score (nSPS) is 9.81. The predicted octanol–water partition coefficient (Wildman–Crippen LogP) is 2.50. The highest BCUT2D eigenvalue weighted by Crippen LogP contribution is 2.17. The van der Waals surface area contributed by atoms with Crippen LogP contribution in [0.4, 0.5) is 5.69 Å². The van der Waals surface area contributed by atoms with Gasteiger partial charge in [-0.15, -0.1) is 0 Å². The van der Waals surface area contributed by atoms with Crippen LogP contribution >= 0.6 is 0 Å². The average molecular weight is 283 g/mol. The van der Waals surface area contributed by atoms with Gasteiger partial charge in [-0.1, -0.05) is 17.9 Å². The van der Waals surface area contributed by atoms with Gasteiger partial charge >= 0.3 is 0 Å². The molecule has 1 amide bonds. The quantitative estimate of drug-likeness (QED) is 0.847. The number of aliphatic hydroxyl groups excluding tert-OH is 1. The Hall–Kier alpha value is -2.51. The highest BCUT2D eigenvalue weighted by molar-refractivity contribution is 5.92. The monoisotopic (exact) mass is 283 g/mol. The van der Waals surface area contributed by atoms with Crippen molar-refractivity contribution < 1.29 is 14.3 Å². The summed E-state index contributed by atoms with van der Waals surface area (Å²) in [4.78, 5) is 12.0. The van der Waals surface area contributed by atoms with E-state index in [4.69, 9.17) is 9.52 Å². The molecule has 108 valence electrons. The van der Waals surface area contributed by atoms with Crippen molar-refractivity contribution in [1.82, 2.24) is 0 Å². The van der Waals surface area contributed by atoms with Crippen LogP contribution in [0, 0.1) is 18.8 Å². The molecule has 0 radical (unpaired) electrons. The molecule has 0 fully saturated rings. The number of anilines is 1. The topological polar surface area (TPSA) is 62.5 Å². The molecule has 2 rings (SSSR count). The number of carbonyl (C=O) groups excluding carboxylic acids is 1. The van der Waals surface area contributed by atoms with Gasteiger partial charge in [0.25, 0.3) is 0 Å². The van der Waals surface area contributed by atoms with Gasteiger partial charge < -0.3 is 14.8 Å². The summed E-state index contributed by atoms with van der Waals surface area (Å²) in [5.74, 6) is 6.12. The summed E-state index contributed by atoms with van der Waals surface area (Å²) in [6.45, 7) is 1.74. The van der Waals surface area contributed by atoms with Crippen LogP contribution in [-0.4, -0.2) is 17.6 Å². The van der Waals surface area contributed by atoms with E-state index in [9.17, 15) is 4.79 Å². The van der Waals surface area contributed by atoms with Gasteiger partial charge in [-0.3, -0.25) is 4.79 Å². The Labute approximate surface area is 123 Å². The van der Waals surface area contributed by atoms with E-state index in [-0.39, 0.29) is 12.5 Å². The van der Waals surface area contributed by atoms with Crippen LogP contribution < -0.4 is 5.32 Å². The van der Waals surface area contributed by atoms with E-state index < -0.39 is 0 Å². The van der Waals surface area contributed by atoms with Gasteiger partial charge in [0, 0.05) is 18.4 Å². The van der Waals surface area contributed by atoms with E-state index in [2.05, 4.69) is 17.2 Å². The molecule has 0 aliphatic rings. The van der Waals surface area contributed by atoms with Crippen molar-refractivity contribution in [2.45, 2.75) is 19.8 Å². The van der Waals surface area contributed by atoms with Crippen LogP contribution in [0.15, 0.2) is 41.0 Å². The van der Waals surface area contributed by atoms with Crippen molar-refractivity contribution in [3.8, 4) is 11.8 Å². The third kappa shape index (κ3) is 4.51. The molecule has 1 aromatic heterocycles. The Balaban J connectivity index is 2.03. The number of hydrogen-bond acceptors (Lipinski definition) is 3. The summed E-state index contributed by atoms with van der Waals surface area (Å²) < 4.78 is 5.20. The predicted molar refractivity (Wildman–Crippen MR) is 80.8 cm³/mol. The average Bonchev–Trinajstić information content (AvgIpc) is 2.98. The van der Waals surface area contributed by atoms with Gasteiger partial charge in [-0.05, 0) is 36.8 Å². The lowest BCUT2D eigenvalue weighted by Gasteiger charge is -2.08.